The van der Waals surface area contributed by atoms with Crippen LogP contribution in [0.25, 0.3) is 0 Å². The molecule has 0 spiro atoms. The van der Waals surface area contributed by atoms with Gasteiger partial charge in [0.1, 0.15) is 12.4 Å². The van der Waals surface area contributed by atoms with Gasteiger partial charge in [-0.2, -0.15) is 0 Å². The molecule has 2 N–H and O–H groups in total. The smallest absolute Gasteiger partial charge is 0.119 e. The molecule has 1 rings (SSSR count). The number of benzene rings is 1. The van der Waals surface area contributed by atoms with Crippen molar-refractivity contribution in [2.45, 2.75) is 9.65 Å². The maximum absolute atomic E-state index is 5.59. The van der Waals surface area contributed by atoms with E-state index in [9.17, 15) is 0 Å². The van der Waals surface area contributed by atoms with E-state index in [1.54, 1.807) is 6.08 Å². The van der Waals surface area contributed by atoms with E-state index in [4.69, 9.17) is 10.5 Å². The fourth-order valence-electron chi connectivity index (χ4n) is 1.23. The van der Waals surface area contributed by atoms with Gasteiger partial charge in [0.05, 0.1) is 4.83 Å². The lowest BCUT2D eigenvalue weighted by Crippen LogP contribution is -2.18. The highest BCUT2D eigenvalue weighted by molar-refractivity contribution is 9.12. The molecule has 1 aromatic rings. The van der Waals surface area contributed by atoms with Gasteiger partial charge in [-0.15, -0.1) is 0 Å². The first-order chi connectivity index (χ1) is 7.69. The van der Waals surface area contributed by atoms with Gasteiger partial charge < -0.3 is 10.5 Å². The number of nitrogens with two attached hydrogens (primary N) is 1. The lowest BCUT2D eigenvalue weighted by Gasteiger charge is -2.15. The number of ether oxygens (including phenoxy) is 1. The van der Waals surface area contributed by atoms with Gasteiger partial charge in [0, 0.05) is 11.4 Å². The quantitative estimate of drug-likeness (QED) is 0.631. The Morgan fingerprint density at radius 2 is 1.94 bits per heavy atom. The summed E-state index contributed by atoms with van der Waals surface area (Å²) >= 11 is 7.13. The molecule has 0 aromatic heterocycles. The van der Waals surface area contributed by atoms with Gasteiger partial charge in [-0.25, -0.2) is 0 Å². The third-order valence-corrected chi connectivity index (χ3v) is 4.89. The minimum atomic E-state index is 0.214. The summed E-state index contributed by atoms with van der Waals surface area (Å²) in [4.78, 5) is 0.443. The molecule has 0 bridgehead atoms. The lowest BCUT2D eigenvalue weighted by molar-refractivity contribution is 0.363. The summed E-state index contributed by atoms with van der Waals surface area (Å²) in [6.45, 7) is 4.72. The number of hydrogen-bond acceptors (Lipinski definition) is 2. The summed E-state index contributed by atoms with van der Waals surface area (Å²) in [5.41, 5.74) is 6.77. The highest BCUT2D eigenvalue weighted by Crippen LogP contribution is 2.31. The number of halogens is 2. The molecule has 16 heavy (non-hydrogen) atoms. The van der Waals surface area contributed by atoms with Crippen molar-refractivity contribution in [3.05, 3.63) is 42.5 Å². The normalized spacial score (nSPS) is 14.2. The average Bonchev–Trinajstić information content (AvgIpc) is 2.35. The number of hydrogen-bond donors (Lipinski definition) is 1. The van der Waals surface area contributed by atoms with Crippen molar-refractivity contribution < 1.29 is 4.74 Å². The number of rotatable bonds is 6. The van der Waals surface area contributed by atoms with Gasteiger partial charge in [0.25, 0.3) is 0 Å². The Balaban J connectivity index is 2.66. The summed E-state index contributed by atoms with van der Waals surface area (Å²) in [5, 5.41) is 0. The summed E-state index contributed by atoms with van der Waals surface area (Å²) in [5.74, 6) is 0.849. The molecule has 0 aliphatic rings. The standard InChI is InChI=1S/C12H15Br2NO/c1-2-7-16-10-5-3-9(4-6-10)12(14)11(13)8-15/h2-6,11-12H,1,7-8,15H2. The summed E-state index contributed by atoms with van der Waals surface area (Å²) in [6.07, 6.45) is 1.73. The zero-order valence-electron chi connectivity index (χ0n) is 8.90. The molecule has 0 heterocycles. The van der Waals surface area contributed by atoms with Crippen molar-refractivity contribution in [2.75, 3.05) is 13.2 Å². The zero-order valence-corrected chi connectivity index (χ0v) is 12.1. The van der Waals surface area contributed by atoms with E-state index >= 15 is 0 Å². The first kappa shape index (κ1) is 13.7. The maximum Gasteiger partial charge on any atom is 0.119 e. The highest BCUT2D eigenvalue weighted by atomic mass is 79.9. The first-order valence-corrected chi connectivity index (χ1v) is 6.84. The van der Waals surface area contributed by atoms with Crippen LogP contribution < -0.4 is 10.5 Å². The minimum Gasteiger partial charge on any atom is -0.490 e. The molecule has 4 heteroatoms. The Kier molecular flexibility index (Phi) is 6.09. The van der Waals surface area contributed by atoms with E-state index in [2.05, 4.69) is 38.4 Å². The Morgan fingerprint density at radius 1 is 1.31 bits per heavy atom. The van der Waals surface area contributed by atoms with Crippen LogP contribution in [0.2, 0.25) is 0 Å². The Labute approximate surface area is 113 Å². The second-order valence-electron chi connectivity index (χ2n) is 3.32. The van der Waals surface area contributed by atoms with Crippen LogP contribution in [-0.2, 0) is 0 Å². The summed E-state index contributed by atoms with van der Waals surface area (Å²) in [6, 6.07) is 7.95. The van der Waals surface area contributed by atoms with Gasteiger partial charge in [0.2, 0.25) is 0 Å². The van der Waals surface area contributed by atoms with E-state index in [1.165, 1.54) is 5.56 Å². The van der Waals surface area contributed by atoms with Crippen molar-refractivity contribution in [1.29, 1.82) is 0 Å². The highest BCUT2D eigenvalue weighted by Gasteiger charge is 2.15. The summed E-state index contributed by atoms with van der Waals surface area (Å²) < 4.78 is 5.41. The van der Waals surface area contributed by atoms with Crippen molar-refractivity contribution in [1.82, 2.24) is 0 Å². The van der Waals surface area contributed by atoms with Crippen LogP contribution in [0.1, 0.15) is 10.4 Å². The monoisotopic (exact) mass is 347 g/mol. The SMILES string of the molecule is C=CCOc1ccc(C(Br)C(Br)CN)cc1. The second kappa shape index (κ2) is 7.09. The molecule has 1 aromatic carbocycles. The van der Waals surface area contributed by atoms with E-state index < -0.39 is 0 Å². The van der Waals surface area contributed by atoms with Crippen LogP contribution in [0, 0.1) is 0 Å². The molecule has 0 radical (unpaired) electrons. The van der Waals surface area contributed by atoms with Crippen molar-refractivity contribution in [3.63, 3.8) is 0 Å². The van der Waals surface area contributed by atoms with E-state index in [0.29, 0.717) is 13.2 Å². The minimum absolute atomic E-state index is 0.214. The zero-order chi connectivity index (χ0) is 12.0. The van der Waals surface area contributed by atoms with Gasteiger partial charge >= 0.3 is 0 Å². The molecular formula is C12H15Br2NO. The van der Waals surface area contributed by atoms with Gasteiger partial charge in [-0.1, -0.05) is 56.6 Å². The second-order valence-corrected chi connectivity index (χ2v) is 5.48. The Bertz CT molecular complexity index is 326. The van der Waals surface area contributed by atoms with Crippen molar-refractivity contribution in [3.8, 4) is 5.75 Å². The fourth-order valence-corrected chi connectivity index (χ4v) is 2.06. The molecule has 0 amide bonds. The molecule has 2 atom stereocenters. The number of alkyl halides is 2. The van der Waals surface area contributed by atoms with Crippen LogP contribution in [-0.4, -0.2) is 18.0 Å². The predicted molar refractivity (Wildman–Crippen MR) is 75.6 cm³/mol. The van der Waals surface area contributed by atoms with Gasteiger partial charge in [-0.05, 0) is 17.7 Å². The largest absolute Gasteiger partial charge is 0.490 e. The fraction of sp³-hybridized carbons (Fsp3) is 0.333. The van der Waals surface area contributed by atoms with E-state index in [1.807, 2.05) is 24.3 Å². The van der Waals surface area contributed by atoms with Crippen molar-refractivity contribution >= 4 is 31.9 Å². The molecule has 0 aliphatic heterocycles. The molecule has 0 saturated carbocycles. The molecule has 2 nitrogen and oxygen atoms in total. The van der Waals surface area contributed by atoms with E-state index in [0.717, 1.165) is 5.75 Å². The van der Waals surface area contributed by atoms with Crippen LogP contribution in [0.4, 0.5) is 0 Å². The van der Waals surface area contributed by atoms with Crippen LogP contribution in [0.15, 0.2) is 36.9 Å². The maximum atomic E-state index is 5.59. The third-order valence-electron chi connectivity index (χ3n) is 2.11. The van der Waals surface area contributed by atoms with E-state index in [-0.39, 0.29) is 9.65 Å². The van der Waals surface area contributed by atoms with Crippen LogP contribution in [0.5, 0.6) is 5.75 Å². The summed E-state index contributed by atoms with van der Waals surface area (Å²) in [7, 11) is 0. The molecular weight excluding hydrogens is 334 g/mol. The predicted octanol–water partition coefficient (Wildman–Crippen LogP) is 3.41. The van der Waals surface area contributed by atoms with Gasteiger partial charge in [-0.3, -0.25) is 0 Å². The lowest BCUT2D eigenvalue weighted by atomic mass is 10.1. The Hall–Kier alpha value is -0.320. The third kappa shape index (κ3) is 3.92. The van der Waals surface area contributed by atoms with Crippen molar-refractivity contribution in [2.24, 2.45) is 5.73 Å². The van der Waals surface area contributed by atoms with Crippen LogP contribution >= 0.6 is 31.9 Å². The average molecular weight is 349 g/mol. The van der Waals surface area contributed by atoms with Gasteiger partial charge in [0.15, 0.2) is 0 Å². The first-order valence-electron chi connectivity index (χ1n) is 5.01. The molecule has 88 valence electrons. The van der Waals surface area contributed by atoms with Crippen LogP contribution in [0.3, 0.4) is 0 Å². The molecule has 2 unspecified atom stereocenters. The molecule has 0 aliphatic carbocycles. The Morgan fingerprint density at radius 3 is 2.44 bits per heavy atom. The topological polar surface area (TPSA) is 35.2 Å². The molecule has 0 saturated heterocycles. The molecule has 0 fully saturated rings.